The van der Waals surface area contributed by atoms with Crippen molar-refractivity contribution in [1.82, 2.24) is 0 Å². The molecule has 1 rings (SSSR count). The van der Waals surface area contributed by atoms with E-state index in [0.717, 1.165) is 13.0 Å². The van der Waals surface area contributed by atoms with Crippen LogP contribution in [0.3, 0.4) is 0 Å². The molecule has 0 saturated carbocycles. The van der Waals surface area contributed by atoms with Crippen molar-refractivity contribution in [2.45, 2.75) is 27.2 Å². The first-order valence-electron chi connectivity index (χ1n) is 5.95. The number of anilines is 1. The second-order valence-corrected chi connectivity index (χ2v) is 5.31. The molecule has 0 amide bonds. The first-order chi connectivity index (χ1) is 7.83. The third-order valence-corrected chi connectivity index (χ3v) is 3.24. The van der Waals surface area contributed by atoms with Crippen LogP contribution in [0.4, 0.5) is 5.69 Å². The molecule has 0 aliphatic rings. The van der Waals surface area contributed by atoms with Crippen LogP contribution in [-0.4, -0.2) is 19.4 Å². The Labute approximate surface area is 104 Å². The van der Waals surface area contributed by atoms with E-state index >= 15 is 0 Å². The highest BCUT2D eigenvalue weighted by molar-refractivity contribution is 5.82. The fourth-order valence-corrected chi connectivity index (χ4v) is 1.58. The van der Waals surface area contributed by atoms with Gasteiger partial charge >= 0.3 is 0 Å². The molecule has 1 aromatic carbocycles. The topological polar surface area (TPSA) is 53.1 Å². The van der Waals surface area contributed by atoms with Gasteiger partial charge in [-0.1, -0.05) is 26.0 Å². The molecular weight excluding hydrogens is 210 g/mol. The van der Waals surface area contributed by atoms with Crippen molar-refractivity contribution in [3.05, 3.63) is 29.8 Å². The zero-order valence-corrected chi connectivity index (χ0v) is 11.2. The van der Waals surface area contributed by atoms with Crippen molar-refractivity contribution in [1.29, 1.82) is 5.41 Å². The summed E-state index contributed by atoms with van der Waals surface area (Å²) in [5.41, 5.74) is 7.84. The molecule has 0 spiro atoms. The third kappa shape index (κ3) is 3.77. The highest BCUT2D eigenvalue weighted by atomic mass is 15.1. The van der Waals surface area contributed by atoms with Crippen LogP contribution in [0.2, 0.25) is 0 Å². The van der Waals surface area contributed by atoms with Crippen molar-refractivity contribution in [3.8, 4) is 0 Å². The first-order valence-corrected chi connectivity index (χ1v) is 5.95. The zero-order valence-electron chi connectivity index (χ0n) is 11.2. The maximum absolute atomic E-state index is 7.54. The van der Waals surface area contributed by atoms with E-state index in [2.05, 4.69) is 43.1 Å². The lowest BCUT2D eigenvalue weighted by Gasteiger charge is -2.27. The van der Waals surface area contributed by atoms with Crippen molar-refractivity contribution in [3.63, 3.8) is 0 Å². The van der Waals surface area contributed by atoms with Gasteiger partial charge in [-0.3, -0.25) is 5.41 Å². The maximum atomic E-state index is 7.54. The fourth-order valence-electron chi connectivity index (χ4n) is 1.58. The molecule has 0 aliphatic carbocycles. The van der Waals surface area contributed by atoms with Gasteiger partial charge in [-0.05, 0) is 31.0 Å². The quantitative estimate of drug-likeness (QED) is 0.607. The smallest absolute Gasteiger partial charge is 0.0963 e. The highest BCUT2D eigenvalue weighted by Gasteiger charge is 2.21. The van der Waals surface area contributed by atoms with Crippen molar-refractivity contribution in [2.75, 3.05) is 18.5 Å². The van der Waals surface area contributed by atoms with E-state index in [4.69, 9.17) is 11.1 Å². The largest absolute Gasteiger partial charge is 0.387 e. The van der Waals surface area contributed by atoms with Crippen LogP contribution in [-0.2, 0) is 0 Å². The molecule has 3 nitrogen and oxygen atoms in total. The van der Waals surface area contributed by atoms with Crippen LogP contribution < -0.4 is 10.6 Å². The summed E-state index contributed by atoms with van der Waals surface area (Å²) < 4.78 is 0. The summed E-state index contributed by atoms with van der Waals surface area (Å²) in [6.07, 6.45) is 0.882. The summed E-state index contributed by atoms with van der Waals surface area (Å²) in [5, 5.41) is 7.54. The van der Waals surface area contributed by atoms with Crippen LogP contribution in [0, 0.1) is 17.7 Å². The van der Waals surface area contributed by atoms with E-state index in [1.54, 1.807) is 0 Å². The molecule has 0 bridgehead atoms. The Bertz CT molecular complexity index is 396. The second-order valence-electron chi connectivity index (χ2n) is 5.31. The van der Waals surface area contributed by atoms with Crippen LogP contribution in [0.15, 0.2) is 24.3 Å². The van der Waals surface area contributed by atoms with Gasteiger partial charge in [0.1, 0.15) is 0 Å². The molecule has 0 atom stereocenters. The lowest BCUT2D eigenvalue weighted by atomic mass is 9.88. The van der Waals surface area contributed by atoms with Gasteiger partial charge in [0.2, 0.25) is 0 Å². The minimum atomic E-state index is -0.224. The molecule has 0 fully saturated rings. The number of benzene rings is 1. The van der Waals surface area contributed by atoms with E-state index in [9.17, 15) is 0 Å². The van der Waals surface area contributed by atoms with Crippen molar-refractivity contribution >= 4 is 11.5 Å². The van der Waals surface area contributed by atoms with E-state index < -0.39 is 0 Å². The SMILES string of the molecule is Cc1cccc(N(C)CCC(C)(C)C(=N)N)c1. The van der Waals surface area contributed by atoms with Gasteiger partial charge in [-0.25, -0.2) is 0 Å². The summed E-state index contributed by atoms with van der Waals surface area (Å²) >= 11 is 0. The number of hydrogen-bond acceptors (Lipinski definition) is 2. The van der Waals surface area contributed by atoms with E-state index in [-0.39, 0.29) is 11.3 Å². The molecule has 3 heteroatoms. The van der Waals surface area contributed by atoms with Crippen LogP contribution in [0.1, 0.15) is 25.8 Å². The number of nitrogens with two attached hydrogens (primary N) is 1. The Morgan fingerprint density at radius 2 is 2.06 bits per heavy atom. The number of nitrogens with zero attached hydrogens (tertiary/aromatic N) is 1. The monoisotopic (exact) mass is 233 g/mol. The standard InChI is InChI=1S/C14H23N3/c1-11-6-5-7-12(10-11)17(4)9-8-14(2,3)13(15)16/h5-7,10H,8-9H2,1-4H3,(H3,15,16). The van der Waals surface area contributed by atoms with Crippen molar-refractivity contribution < 1.29 is 0 Å². The average Bonchev–Trinajstić information content (AvgIpc) is 2.25. The minimum Gasteiger partial charge on any atom is -0.387 e. The molecule has 0 radical (unpaired) electrons. The Morgan fingerprint density at radius 1 is 1.41 bits per heavy atom. The highest BCUT2D eigenvalue weighted by Crippen LogP contribution is 2.22. The van der Waals surface area contributed by atoms with Crippen LogP contribution in [0.5, 0.6) is 0 Å². The predicted molar refractivity (Wildman–Crippen MR) is 74.8 cm³/mol. The normalized spacial score (nSPS) is 11.3. The van der Waals surface area contributed by atoms with Gasteiger partial charge in [-0.15, -0.1) is 0 Å². The van der Waals surface area contributed by atoms with Gasteiger partial charge in [0.25, 0.3) is 0 Å². The lowest BCUT2D eigenvalue weighted by Crippen LogP contribution is -2.34. The number of nitrogens with one attached hydrogen (secondary N) is 1. The van der Waals surface area contributed by atoms with Gasteiger partial charge in [-0.2, -0.15) is 0 Å². The molecule has 0 unspecified atom stereocenters. The number of rotatable bonds is 5. The number of hydrogen-bond donors (Lipinski definition) is 2. The van der Waals surface area contributed by atoms with E-state index in [1.165, 1.54) is 11.3 Å². The molecule has 0 saturated heterocycles. The Kier molecular flexibility index (Phi) is 4.16. The van der Waals surface area contributed by atoms with Gasteiger partial charge in [0, 0.05) is 24.7 Å². The molecule has 0 aromatic heterocycles. The van der Waals surface area contributed by atoms with Gasteiger partial charge < -0.3 is 10.6 Å². The summed E-state index contributed by atoms with van der Waals surface area (Å²) in [4.78, 5) is 2.21. The molecule has 0 aliphatic heterocycles. The number of aryl methyl sites for hydroxylation is 1. The molecule has 17 heavy (non-hydrogen) atoms. The Morgan fingerprint density at radius 3 is 2.59 bits per heavy atom. The predicted octanol–water partition coefficient (Wildman–Crippen LogP) is 2.78. The number of amidine groups is 1. The summed E-state index contributed by atoms with van der Waals surface area (Å²) in [7, 11) is 2.07. The van der Waals surface area contributed by atoms with Gasteiger partial charge in [0.15, 0.2) is 0 Å². The second kappa shape index (κ2) is 5.21. The molecule has 1 aromatic rings. The maximum Gasteiger partial charge on any atom is 0.0963 e. The first kappa shape index (κ1) is 13.6. The Hall–Kier alpha value is -1.51. The molecular formula is C14H23N3. The van der Waals surface area contributed by atoms with Crippen LogP contribution in [0.25, 0.3) is 0 Å². The van der Waals surface area contributed by atoms with E-state index in [1.807, 2.05) is 13.8 Å². The Balaban J connectivity index is 2.62. The zero-order chi connectivity index (χ0) is 13.1. The third-order valence-electron chi connectivity index (χ3n) is 3.24. The summed E-state index contributed by atoms with van der Waals surface area (Å²) in [6, 6.07) is 8.43. The molecule has 3 N–H and O–H groups in total. The van der Waals surface area contributed by atoms with Crippen LogP contribution >= 0.6 is 0 Å². The lowest BCUT2D eigenvalue weighted by molar-refractivity contribution is 0.471. The summed E-state index contributed by atoms with van der Waals surface area (Å²) in [6.45, 7) is 7.02. The minimum absolute atomic E-state index is 0.224. The molecule has 0 heterocycles. The summed E-state index contributed by atoms with van der Waals surface area (Å²) in [5.74, 6) is 0.259. The van der Waals surface area contributed by atoms with E-state index in [0.29, 0.717) is 0 Å². The van der Waals surface area contributed by atoms with Crippen molar-refractivity contribution in [2.24, 2.45) is 11.1 Å². The average molecular weight is 233 g/mol. The molecule has 94 valence electrons. The fraction of sp³-hybridized carbons (Fsp3) is 0.500. The van der Waals surface area contributed by atoms with Gasteiger partial charge in [0.05, 0.1) is 5.84 Å².